The molecule has 0 heterocycles. The predicted molar refractivity (Wildman–Crippen MR) is 74.0 cm³/mol. The summed E-state index contributed by atoms with van der Waals surface area (Å²) >= 11 is 0. The number of likely N-dealkylation sites (N-methyl/N-ethyl adjacent to an activating group) is 1. The fraction of sp³-hybridized carbons (Fsp3) is 1.00. The maximum Gasteiger partial charge on any atom is 0.0246 e. The van der Waals surface area contributed by atoms with Crippen LogP contribution in [0, 0.1) is 11.8 Å². The van der Waals surface area contributed by atoms with Gasteiger partial charge >= 0.3 is 0 Å². The van der Waals surface area contributed by atoms with Crippen LogP contribution in [0.4, 0.5) is 0 Å². The molecule has 0 aromatic carbocycles. The van der Waals surface area contributed by atoms with Gasteiger partial charge in [-0.3, -0.25) is 0 Å². The monoisotopic (exact) mass is 238 g/mol. The van der Waals surface area contributed by atoms with Crippen LogP contribution in [0.1, 0.15) is 58.3 Å². The molecule has 0 saturated heterocycles. The number of hydrogen-bond acceptors (Lipinski definition) is 2. The molecule has 3 unspecified atom stereocenters. The van der Waals surface area contributed by atoms with Crippen molar-refractivity contribution in [2.45, 2.75) is 70.4 Å². The Kier molecular flexibility index (Phi) is 4.87. The Labute approximate surface area is 107 Å². The normalized spacial score (nSPS) is 34.9. The van der Waals surface area contributed by atoms with Gasteiger partial charge in [0, 0.05) is 18.6 Å². The lowest BCUT2D eigenvalue weighted by molar-refractivity contribution is 0.0992. The van der Waals surface area contributed by atoms with Gasteiger partial charge in [-0.25, -0.2) is 0 Å². The standard InChI is InChI=1S/C15H30N2/c1-3-5-12-8-9-14(16)15(10-12)17(2)11-13-6-4-7-13/h12-15H,3-11,16H2,1-2H3. The highest BCUT2D eigenvalue weighted by molar-refractivity contribution is 4.89. The summed E-state index contributed by atoms with van der Waals surface area (Å²) in [7, 11) is 2.30. The lowest BCUT2D eigenvalue weighted by Gasteiger charge is -2.42. The van der Waals surface area contributed by atoms with Crippen LogP contribution in [0.2, 0.25) is 0 Å². The van der Waals surface area contributed by atoms with Gasteiger partial charge in [0.25, 0.3) is 0 Å². The minimum atomic E-state index is 0.424. The molecule has 2 aliphatic carbocycles. The molecule has 0 bridgehead atoms. The molecule has 2 N–H and O–H groups in total. The van der Waals surface area contributed by atoms with Gasteiger partial charge in [0.2, 0.25) is 0 Å². The van der Waals surface area contributed by atoms with Crippen molar-refractivity contribution in [2.75, 3.05) is 13.6 Å². The van der Waals surface area contributed by atoms with Crippen molar-refractivity contribution in [2.24, 2.45) is 17.6 Å². The van der Waals surface area contributed by atoms with Crippen LogP contribution in [0.25, 0.3) is 0 Å². The first-order chi connectivity index (χ1) is 8.20. The SMILES string of the molecule is CCCC1CCC(N)C(N(C)CC2CCC2)C1. The topological polar surface area (TPSA) is 29.3 Å². The highest BCUT2D eigenvalue weighted by Crippen LogP contribution is 2.32. The molecule has 0 spiro atoms. The lowest BCUT2D eigenvalue weighted by atomic mass is 9.79. The maximum atomic E-state index is 6.33. The first-order valence-corrected chi connectivity index (χ1v) is 7.66. The van der Waals surface area contributed by atoms with E-state index < -0.39 is 0 Å². The van der Waals surface area contributed by atoms with E-state index in [1.54, 1.807) is 0 Å². The Morgan fingerprint density at radius 3 is 2.47 bits per heavy atom. The minimum Gasteiger partial charge on any atom is -0.326 e. The smallest absolute Gasteiger partial charge is 0.0246 e. The van der Waals surface area contributed by atoms with Crippen molar-refractivity contribution in [3.05, 3.63) is 0 Å². The quantitative estimate of drug-likeness (QED) is 0.798. The van der Waals surface area contributed by atoms with Crippen LogP contribution < -0.4 is 5.73 Å². The molecule has 0 aromatic rings. The Hall–Kier alpha value is -0.0800. The molecule has 2 nitrogen and oxygen atoms in total. The van der Waals surface area contributed by atoms with Gasteiger partial charge in [0.1, 0.15) is 0 Å². The number of nitrogens with two attached hydrogens (primary N) is 1. The number of rotatable bonds is 5. The first kappa shape index (κ1) is 13.4. The molecule has 2 saturated carbocycles. The molecule has 0 radical (unpaired) electrons. The van der Waals surface area contributed by atoms with E-state index in [4.69, 9.17) is 5.73 Å². The van der Waals surface area contributed by atoms with Crippen LogP contribution in [0.15, 0.2) is 0 Å². The molecule has 2 aliphatic rings. The van der Waals surface area contributed by atoms with Gasteiger partial charge in [-0.1, -0.05) is 26.2 Å². The Balaban J connectivity index is 1.82. The van der Waals surface area contributed by atoms with E-state index in [1.807, 2.05) is 0 Å². The minimum absolute atomic E-state index is 0.424. The summed E-state index contributed by atoms with van der Waals surface area (Å²) in [5.41, 5.74) is 6.33. The molecule has 2 rings (SSSR count). The third-order valence-corrected chi connectivity index (χ3v) is 5.01. The lowest BCUT2D eigenvalue weighted by Crippen LogP contribution is -2.51. The van der Waals surface area contributed by atoms with Gasteiger partial charge < -0.3 is 10.6 Å². The van der Waals surface area contributed by atoms with Gasteiger partial charge in [-0.05, 0) is 51.0 Å². The second kappa shape index (κ2) is 6.19. The fourth-order valence-corrected chi connectivity index (χ4v) is 3.65. The Bertz CT molecular complexity index is 225. The molecule has 17 heavy (non-hydrogen) atoms. The summed E-state index contributed by atoms with van der Waals surface area (Å²) in [5.74, 6) is 1.91. The summed E-state index contributed by atoms with van der Waals surface area (Å²) < 4.78 is 0. The number of hydrogen-bond donors (Lipinski definition) is 1. The van der Waals surface area contributed by atoms with Crippen molar-refractivity contribution in [3.8, 4) is 0 Å². The Morgan fingerprint density at radius 2 is 1.88 bits per heavy atom. The van der Waals surface area contributed by atoms with Crippen LogP contribution in [-0.4, -0.2) is 30.6 Å². The molecule has 2 heteroatoms. The number of nitrogens with zero attached hydrogens (tertiary/aromatic N) is 1. The maximum absolute atomic E-state index is 6.33. The zero-order valence-corrected chi connectivity index (χ0v) is 11.7. The molecule has 2 fully saturated rings. The molecular weight excluding hydrogens is 208 g/mol. The highest BCUT2D eigenvalue weighted by Gasteiger charge is 2.32. The summed E-state index contributed by atoms with van der Waals surface area (Å²) in [4.78, 5) is 2.58. The molecular formula is C15H30N2. The molecule has 0 amide bonds. The van der Waals surface area contributed by atoms with Crippen molar-refractivity contribution in [3.63, 3.8) is 0 Å². The highest BCUT2D eigenvalue weighted by atomic mass is 15.1. The van der Waals surface area contributed by atoms with Crippen molar-refractivity contribution < 1.29 is 0 Å². The van der Waals surface area contributed by atoms with E-state index >= 15 is 0 Å². The Morgan fingerprint density at radius 1 is 1.12 bits per heavy atom. The van der Waals surface area contributed by atoms with Gasteiger partial charge in [-0.2, -0.15) is 0 Å². The van der Waals surface area contributed by atoms with Crippen LogP contribution in [-0.2, 0) is 0 Å². The fourth-order valence-electron chi connectivity index (χ4n) is 3.65. The summed E-state index contributed by atoms with van der Waals surface area (Å²) in [5, 5.41) is 0. The van der Waals surface area contributed by atoms with Crippen molar-refractivity contribution >= 4 is 0 Å². The first-order valence-electron chi connectivity index (χ1n) is 7.66. The van der Waals surface area contributed by atoms with E-state index in [-0.39, 0.29) is 0 Å². The third kappa shape index (κ3) is 3.45. The van der Waals surface area contributed by atoms with Crippen LogP contribution in [0.3, 0.4) is 0 Å². The molecule has 0 aliphatic heterocycles. The van der Waals surface area contributed by atoms with E-state index in [0.717, 1.165) is 11.8 Å². The van der Waals surface area contributed by atoms with Gasteiger partial charge in [0.15, 0.2) is 0 Å². The average molecular weight is 238 g/mol. The van der Waals surface area contributed by atoms with E-state index in [0.29, 0.717) is 12.1 Å². The predicted octanol–water partition coefficient (Wildman–Crippen LogP) is 3.01. The van der Waals surface area contributed by atoms with Gasteiger partial charge in [0.05, 0.1) is 0 Å². The summed E-state index contributed by atoms with van der Waals surface area (Å²) in [6.45, 7) is 3.60. The second-order valence-corrected chi connectivity index (χ2v) is 6.44. The molecule has 100 valence electrons. The summed E-state index contributed by atoms with van der Waals surface area (Å²) in [6.07, 6.45) is 11.0. The largest absolute Gasteiger partial charge is 0.326 e. The van der Waals surface area contributed by atoms with Crippen molar-refractivity contribution in [1.29, 1.82) is 0 Å². The van der Waals surface area contributed by atoms with Crippen LogP contribution in [0.5, 0.6) is 0 Å². The van der Waals surface area contributed by atoms with E-state index in [1.165, 1.54) is 57.9 Å². The molecule has 0 aromatic heterocycles. The zero-order chi connectivity index (χ0) is 12.3. The second-order valence-electron chi connectivity index (χ2n) is 6.44. The summed E-state index contributed by atoms with van der Waals surface area (Å²) in [6, 6.07) is 1.08. The van der Waals surface area contributed by atoms with E-state index in [2.05, 4.69) is 18.9 Å². The van der Waals surface area contributed by atoms with E-state index in [9.17, 15) is 0 Å². The third-order valence-electron chi connectivity index (χ3n) is 5.01. The van der Waals surface area contributed by atoms with Gasteiger partial charge in [-0.15, -0.1) is 0 Å². The molecule has 3 atom stereocenters. The average Bonchev–Trinajstić information content (AvgIpc) is 2.26. The van der Waals surface area contributed by atoms with Crippen molar-refractivity contribution in [1.82, 2.24) is 4.90 Å². The zero-order valence-electron chi connectivity index (χ0n) is 11.7. The van der Waals surface area contributed by atoms with Crippen LogP contribution >= 0.6 is 0 Å².